The molecule has 2 saturated heterocycles. The first-order chi connectivity index (χ1) is 10.6. The van der Waals surface area contributed by atoms with Crippen LogP contribution >= 0.6 is 0 Å². The molecule has 2 aliphatic heterocycles. The van der Waals surface area contributed by atoms with Gasteiger partial charge in [0.15, 0.2) is 0 Å². The summed E-state index contributed by atoms with van der Waals surface area (Å²) in [4.78, 5) is 14.6. The topological polar surface area (TPSA) is 70.0 Å². The van der Waals surface area contributed by atoms with Crippen molar-refractivity contribution in [1.82, 2.24) is 4.90 Å². The van der Waals surface area contributed by atoms with Crippen LogP contribution in [0.1, 0.15) is 30.7 Å². The Labute approximate surface area is 130 Å². The molecule has 5 atom stereocenters. The van der Waals surface area contributed by atoms with E-state index in [0.717, 1.165) is 18.4 Å². The summed E-state index contributed by atoms with van der Waals surface area (Å²) in [5.74, 6) is -1.01. The van der Waals surface area contributed by atoms with Crippen LogP contribution in [0.5, 0.6) is 0 Å². The first-order valence-corrected chi connectivity index (χ1v) is 7.86. The Balaban J connectivity index is 1.65. The summed E-state index contributed by atoms with van der Waals surface area (Å²) in [6, 6.07) is 9.56. The van der Waals surface area contributed by atoms with Crippen molar-refractivity contribution < 1.29 is 19.7 Å². The molecule has 2 bridgehead atoms. The highest BCUT2D eigenvalue weighted by molar-refractivity contribution is 5.78. The van der Waals surface area contributed by atoms with Gasteiger partial charge in [0.05, 0.1) is 12.7 Å². The van der Waals surface area contributed by atoms with E-state index in [-0.39, 0.29) is 36.9 Å². The molecule has 0 aromatic heterocycles. The van der Waals surface area contributed by atoms with E-state index in [1.54, 1.807) is 0 Å². The minimum Gasteiger partial charge on any atom is -0.462 e. The second-order valence-electron chi connectivity index (χ2n) is 6.37. The van der Waals surface area contributed by atoms with Crippen LogP contribution in [0.3, 0.4) is 0 Å². The summed E-state index contributed by atoms with van der Waals surface area (Å²) in [7, 11) is 2.02. The van der Waals surface area contributed by atoms with E-state index in [0.29, 0.717) is 6.42 Å². The third-order valence-corrected chi connectivity index (χ3v) is 5.05. The number of esters is 1. The molecule has 0 spiro atoms. The lowest BCUT2D eigenvalue weighted by Crippen LogP contribution is -2.45. The van der Waals surface area contributed by atoms with Crippen LogP contribution < -0.4 is 0 Å². The van der Waals surface area contributed by atoms with Crippen molar-refractivity contribution in [3.05, 3.63) is 35.9 Å². The van der Waals surface area contributed by atoms with Crippen molar-refractivity contribution >= 4 is 5.97 Å². The fraction of sp³-hybridized carbons (Fsp3) is 0.588. The van der Waals surface area contributed by atoms with E-state index < -0.39 is 5.92 Å². The second kappa shape index (κ2) is 6.36. The van der Waals surface area contributed by atoms with Crippen molar-refractivity contribution in [2.24, 2.45) is 0 Å². The number of aliphatic hydroxyl groups excluding tert-OH is 2. The average molecular weight is 305 g/mol. The minimum atomic E-state index is -0.636. The van der Waals surface area contributed by atoms with Crippen LogP contribution in [0.25, 0.3) is 0 Å². The van der Waals surface area contributed by atoms with Gasteiger partial charge in [-0.25, -0.2) is 0 Å². The van der Waals surface area contributed by atoms with Gasteiger partial charge in [-0.1, -0.05) is 30.3 Å². The van der Waals surface area contributed by atoms with E-state index in [4.69, 9.17) is 4.74 Å². The molecule has 2 fully saturated rings. The van der Waals surface area contributed by atoms with Gasteiger partial charge in [0.1, 0.15) is 12.0 Å². The average Bonchev–Trinajstić information content (AvgIpc) is 2.68. The maximum absolute atomic E-state index is 12.4. The molecule has 2 heterocycles. The van der Waals surface area contributed by atoms with Gasteiger partial charge in [0.25, 0.3) is 0 Å². The van der Waals surface area contributed by atoms with Gasteiger partial charge in [-0.3, -0.25) is 9.69 Å². The molecule has 0 saturated carbocycles. The van der Waals surface area contributed by atoms with Crippen LogP contribution in [0.15, 0.2) is 30.3 Å². The normalized spacial score (nSPS) is 32.7. The van der Waals surface area contributed by atoms with E-state index >= 15 is 0 Å². The summed E-state index contributed by atoms with van der Waals surface area (Å²) in [5, 5.41) is 19.6. The molecule has 0 amide bonds. The van der Waals surface area contributed by atoms with Crippen molar-refractivity contribution in [3.63, 3.8) is 0 Å². The van der Waals surface area contributed by atoms with E-state index in [1.807, 2.05) is 37.4 Å². The maximum atomic E-state index is 12.4. The summed E-state index contributed by atoms with van der Waals surface area (Å²) < 4.78 is 5.64. The number of fused-ring (bicyclic) bond motifs is 2. The SMILES string of the molecule is CN1[C@H]2C[C@H](OC(=O)[C@H](CO)c3ccccc3)C[C@H]1[C@H](O)C2. The van der Waals surface area contributed by atoms with Crippen molar-refractivity contribution in [1.29, 1.82) is 0 Å². The highest BCUT2D eigenvalue weighted by Gasteiger charge is 2.45. The third-order valence-electron chi connectivity index (χ3n) is 5.05. The quantitative estimate of drug-likeness (QED) is 0.809. The van der Waals surface area contributed by atoms with Crippen molar-refractivity contribution in [3.8, 4) is 0 Å². The van der Waals surface area contributed by atoms with Gasteiger partial charge in [0.2, 0.25) is 0 Å². The number of aliphatic hydroxyl groups is 2. The molecular formula is C17H23NO4. The summed E-state index contributed by atoms with van der Waals surface area (Å²) >= 11 is 0. The predicted octanol–water partition coefficient (Wildman–Crippen LogP) is 0.902. The number of piperidine rings is 1. The standard InChI is InChI=1S/C17H23NO4/c1-18-12-7-13(9-15(18)16(20)8-12)22-17(21)14(10-19)11-5-3-2-4-6-11/h2-6,12-16,19-20H,7-10H2,1H3/t12-,13-,14+,15-,16+/m0/s1. The van der Waals surface area contributed by atoms with Crippen LogP contribution in [-0.2, 0) is 9.53 Å². The predicted molar refractivity (Wildman–Crippen MR) is 81.3 cm³/mol. The van der Waals surface area contributed by atoms with Gasteiger partial charge in [-0.15, -0.1) is 0 Å². The summed E-state index contributed by atoms with van der Waals surface area (Å²) in [5.41, 5.74) is 0.769. The maximum Gasteiger partial charge on any atom is 0.316 e. The van der Waals surface area contributed by atoms with Crippen LogP contribution in [0, 0.1) is 0 Å². The Kier molecular flexibility index (Phi) is 4.47. The fourth-order valence-corrected chi connectivity index (χ4v) is 3.74. The van der Waals surface area contributed by atoms with E-state index in [2.05, 4.69) is 4.90 Å². The zero-order valence-electron chi connectivity index (χ0n) is 12.8. The number of benzene rings is 1. The van der Waals surface area contributed by atoms with Crippen molar-refractivity contribution in [2.45, 2.75) is 49.5 Å². The first-order valence-electron chi connectivity index (χ1n) is 7.86. The van der Waals surface area contributed by atoms with Gasteiger partial charge >= 0.3 is 5.97 Å². The number of likely N-dealkylation sites (N-methyl/N-ethyl adjacent to an activating group) is 1. The van der Waals surface area contributed by atoms with Gasteiger partial charge in [-0.05, 0) is 19.0 Å². The Hall–Kier alpha value is -1.43. The number of ether oxygens (including phenoxy) is 1. The highest BCUT2D eigenvalue weighted by Crippen LogP contribution is 2.36. The molecule has 2 N–H and O–H groups in total. The molecule has 3 rings (SSSR count). The molecule has 5 heteroatoms. The number of carbonyl (C=O) groups is 1. The number of rotatable bonds is 4. The lowest BCUT2D eigenvalue weighted by molar-refractivity contribution is -0.155. The molecule has 0 aliphatic carbocycles. The van der Waals surface area contributed by atoms with Gasteiger partial charge in [0, 0.05) is 24.9 Å². The summed E-state index contributed by atoms with van der Waals surface area (Å²) in [6.45, 7) is -0.259. The number of hydrogen-bond donors (Lipinski definition) is 2. The highest BCUT2D eigenvalue weighted by atomic mass is 16.5. The van der Waals surface area contributed by atoms with Gasteiger partial charge < -0.3 is 14.9 Å². The minimum absolute atomic E-state index is 0.0702. The molecule has 1 aromatic rings. The van der Waals surface area contributed by atoms with Crippen molar-refractivity contribution in [2.75, 3.05) is 13.7 Å². The number of hydrogen-bond acceptors (Lipinski definition) is 5. The molecular weight excluding hydrogens is 282 g/mol. The Morgan fingerprint density at radius 2 is 2.05 bits per heavy atom. The zero-order valence-corrected chi connectivity index (χ0v) is 12.8. The lowest BCUT2D eigenvalue weighted by atomic mass is 9.98. The molecule has 5 nitrogen and oxygen atoms in total. The molecule has 0 radical (unpaired) electrons. The molecule has 1 aromatic carbocycles. The molecule has 120 valence electrons. The second-order valence-corrected chi connectivity index (χ2v) is 6.37. The fourth-order valence-electron chi connectivity index (χ4n) is 3.74. The number of nitrogens with zero attached hydrogens (tertiary/aromatic N) is 1. The van der Waals surface area contributed by atoms with E-state index in [9.17, 15) is 15.0 Å². The smallest absolute Gasteiger partial charge is 0.316 e. The number of carbonyl (C=O) groups excluding carboxylic acids is 1. The zero-order chi connectivity index (χ0) is 15.7. The van der Waals surface area contributed by atoms with Crippen LogP contribution in [0.4, 0.5) is 0 Å². The monoisotopic (exact) mass is 305 g/mol. The molecule has 22 heavy (non-hydrogen) atoms. The van der Waals surface area contributed by atoms with Crippen LogP contribution in [0.2, 0.25) is 0 Å². The van der Waals surface area contributed by atoms with Gasteiger partial charge in [-0.2, -0.15) is 0 Å². The summed E-state index contributed by atoms with van der Waals surface area (Å²) in [6.07, 6.45) is 1.66. The molecule has 0 unspecified atom stereocenters. The largest absolute Gasteiger partial charge is 0.462 e. The third kappa shape index (κ3) is 2.89. The lowest BCUT2D eigenvalue weighted by Gasteiger charge is -2.36. The Morgan fingerprint density at radius 1 is 1.32 bits per heavy atom. The van der Waals surface area contributed by atoms with E-state index in [1.165, 1.54) is 0 Å². The first kappa shape index (κ1) is 15.5. The Bertz CT molecular complexity index is 521. The Morgan fingerprint density at radius 3 is 2.68 bits per heavy atom. The molecule has 2 aliphatic rings. The van der Waals surface area contributed by atoms with Crippen LogP contribution in [-0.4, -0.2) is 59.0 Å².